The second kappa shape index (κ2) is 8.78. The van der Waals surface area contributed by atoms with Gasteiger partial charge in [-0.2, -0.15) is 0 Å². The second-order valence-corrected chi connectivity index (χ2v) is 7.30. The fourth-order valence-electron chi connectivity index (χ4n) is 2.42. The average Bonchev–Trinajstić information content (AvgIpc) is 2.64. The van der Waals surface area contributed by atoms with Crippen LogP contribution in [0.1, 0.15) is 16.7 Å². The molecular formula is C23H19F2NS. The summed E-state index contributed by atoms with van der Waals surface area (Å²) in [5, 5.41) is 0. The van der Waals surface area contributed by atoms with E-state index in [-0.39, 0.29) is 0 Å². The summed E-state index contributed by atoms with van der Waals surface area (Å²) in [5.41, 5.74) is 3.47. The van der Waals surface area contributed by atoms with Crippen molar-refractivity contribution >= 4 is 28.6 Å². The lowest BCUT2D eigenvalue weighted by Gasteiger charge is -2.09. The minimum absolute atomic E-state index is 0.345. The van der Waals surface area contributed by atoms with Gasteiger partial charge in [0.2, 0.25) is 0 Å². The summed E-state index contributed by atoms with van der Waals surface area (Å²) in [6, 6.07) is 19.4. The Bertz CT molecular complexity index is 974. The number of hydrogen-bond acceptors (Lipinski definition) is 2. The van der Waals surface area contributed by atoms with Gasteiger partial charge in [0.05, 0.1) is 5.69 Å². The quantitative estimate of drug-likeness (QED) is 0.340. The first-order chi connectivity index (χ1) is 13.0. The van der Waals surface area contributed by atoms with Crippen molar-refractivity contribution in [2.75, 3.05) is 0 Å². The SMILES string of the molecule is Cc1ccc(N=CC=C(Sc2ccc(C)cc2)c2ccc(F)cc2F)cc1. The molecule has 0 N–H and O–H groups in total. The molecule has 0 fully saturated rings. The Morgan fingerprint density at radius 3 is 2.11 bits per heavy atom. The number of hydrogen-bond donors (Lipinski definition) is 0. The summed E-state index contributed by atoms with van der Waals surface area (Å²) < 4.78 is 27.6. The number of nitrogens with zero attached hydrogens (tertiary/aromatic N) is 1. The van der Waals surface area contributed by atoms with Crippen LogP contribution < -0.4 is 0 Å². The van der Waals surface area contributed by atoms with Crippen molar-refractivity contribution in [2.45, 2.75) is 18.7 Å². The van der Waals surface area contributed by atoms with E-state index < -0.39 is 11.6 Å². The third-order valence-corrected chi connectivity index (χ3v) is 5.01. The van der Waals surface area contributed by atoms with Crippen molar-refractivity contribution in [2.24, 2.45) is 4.99 Å². The zero-order chi connectivity index (χ0) is 19.2. The van der Waals surface area contributed by atoms with Gasteiger partial charge >= 0.3 is 0 Å². The smallest absolute Gasteiger partial charge is 0.134 e. The summed E-state index contributed by atoms with van der Waals surface area (Å²) in [5.74, 6) is -1.19. The molecule has 3 aromatic rings. The number of benzene rings is 3. The maximum absolute atomic E-state index is 14.3. The van der Waals surface area contributed by atoms with Gasteiger partial charge in [-0.05, 0) is 56.3 Å². The predicted molar refractivity (Wildman–Crippen MR) is 111 cm³/mol. The number of aliphatic imine (C=N–C) groups is 1. The summed E-state index contributed by atoms with van der Waals surface area (Å²) in [6.45, 7) is 4.03. The topological polar surface area (TPSA) is 12.4 Å². The van der Waals surface area contributed by atoms with Crippen molar-refractivity contribution in [1.82, 2.24) is 0 Å². The lowest BCUT2D eigenvalue weighted by atomic mass is 10.2. The lowest BCUT2D eigenvalue weighted by molar-refractivity contribution is 0.581. The Balaban J connectivity index is 1.92. The molecule has 0 aliphatic carbocycles. The molecule has 0 saturated heterocycles. The van der Waals surface area contributed by atoms with Crippen LogP contribution in [0.4, 0.5) is 14.5 Å². The Morgan fingerprint density at radius 1 is 0.852 bits per heavy atom. The summed E-state index contributed by atoms with van der Waals surface area (Å²) >= 11 is 1.42. The maximum atomic E-state index is 14.3. The van der Waals surface area contributed by atoms with Gasteiger partial charge in [0.15, 0.2) is 0 Å². The highest BCUT2D eigenvalue weighted by Gasteiger charge is 2.10. The molecule has 0 aliphatic rings. The Labute approximate surface area is 162 Å². The van der Waals surface area contributed by atoms with Crippen molar-refractivity contribution in [3.8, 4) is 0 Å². The molecule has 0 radical (unpaired) electrons. The molecule has 27 heavy (non-hydrogen) atoms. The fraction of sp³-hybridized carbons (Fsp3) is 0.0870. The van der Waals surface area contributed by atoms with E-state index in [1.54, 1.807) is 12.3 Å². The maximum Gasteiger partial charge on any atom is 0.134 e. The van der Waals surface area contributed by atoms with Gasteiger partial charge in [0.25, 0.3) is 0 Å². The van der Waals surface area contributed by atoms with Crippen LogP contribution in [0.15, 0.2) is 82.7 Å². The van der Waals surface area contributed by atoms with Crippen LogP contribution in [-0.4, -0.2) is 6.21 Å². The molecule has 0 atom stereocenters. The van der Waals surface area contributed by atoms with Crippen LogP contribution in [0.3, 0.4) is 0 Å². The van der Waals surface area contributed by atoms with Crippen LogP contribution in [0, 0.1) is 25.5 Å². The highest BCUT2D eigenvalue weighted by molar-refractivity contribution is 8.08. The number of aryl methyl sites for hydroxylation is 2. The molecule has 1 nitrogen and oxygen atoms in total. The third kappa shape index (κ3) is 5.38. The summed E-state index contributed by atoms with van der Waals surface area (Å²) in [4.78, 5) is 6.04. The predicted octanol–water partition coefficient (Wildman–Crippen LogP) is 7.12. The van der Waals surface area contributed by atoms with Gasteiger partial charge in [-0.25, -0.2) is 8.78 Å². The first kappa shape index (κ1) is 19.1. The van der Waals surface area contributed by atoms with Gasteiger partial charge in [-0.1, -0.05) is 47.2 Å². The van der Waals surface area contributed by atoms with Crippen LogP contribution in [0.25, 0.3) is 4.91 Å². The van der Waals surface area contributed by atoms with E-state index in [1.165, 1.54) is 23.9 Å². The van der Waals surface area contributed by atoms with E-state index in [0.717, 1.165) is 27.8 Å². The monoisotopic (exact) mass is 379 g/mol. The number of allylic oxidation sites excluding steroid dienone is 1. The van der Waals surface area contributed by atoms with Crippen molar-refractivity contribution in [1.29, 1.82) is 0 Å². The molecule has 0 aromatic heterocycles. The Morgan fingerprint density at radius 2 is 1.48 bits per heavy atom. The van der Waals surface area contributed by atoms with E-state index in [1.807, 2.05) is 62.4 Å². The molecule has 0 amide bonds. The number of rotatable bonds is 5. The van der Waals surface area contributed by atoms with E-state index in [2.05, 4.69) is 4.99 Å². The molecule has 0 bridgehead atoms. The molecule has 136 valence electrons. The van der Waals surface area contributed by atoms with E-state index >= 15 is 0 Å². The highest BCUT2D eigenvalue weighted by atomic mass is 32.2. The van der Waals surface area contributed by atoms with E-state index in [0.29, 0.717) is 10.5 Å². The summed E-state index contributed by atoms with van der Waals surface area (Å²) in [6.07, 6.45) is 3.39. The molecule has 3 aromatic carbocycles. The molecule has 0 unspecified atom stereocenters. The average molecular weight is 379 g/mol. The van der Waals surface area contributed by atoms with Gasteiger partial charge in [-0.15, -0.1) is 0 Å². The molecule has 0 aliphatic heterocycles. The van der Waals surface area contributed by atoms with E-state index in [9.17, 15) is 8.78 Å². The Hall–Kier alpha value is -2.72. The molecule has 0 spiro atoms. The van der Waals surface area contributed by atoms with Crippen molar-refractivity contribution in [3.05, 3.63) is 101 Å². The highest BCUT2D eigenvalue weighted by Crippen LogP contribution is 2.35. The van der Waals surface area contributed by atoms with Crippen LogP contribution in [-0.2, 0) is 0 Å². The number of thioether (sulfide) groups is 1. The molecule has 3 rings (SSSR count). The van der Waals surface area contributed by atoms with Gasteiger partial charge in [-0.3, -0.25) is 4.99 Å². The van der Waals surface area contributed by atoms with Crippen LogP contribution in [0.5, 0.6) is 0 Å². The molecule has 0 saturated carbocycles. The summed E-state index contributed by atoms with van der Waals surface area (Å²) in [7, 11) is 0. The minimum atomic E-state index is -0.593. The van der Waals surface area contributed by atoms with E-state index in [4.69, 9.17) is 0 Å². The van der Waals surface area contributed by atoms with Gasteiger partial charge < -0.3 is 0 Å². The minimum Gasteiger partial charge on any atom is -0.257 e. The lowest BCUT2D eigenvalue weighted by Crippen LogP contribution is -1.90. The molecule has 0 heterocycles. The van der Waals surface area contributed by atoms with Crippen molar-refractivity contribution in [3.63, 3.8) is 0 Å². The van der Waals surface area contributed by atoms with Crippen LogP contribution in [0.2, 0.25) is 0 Å². The second-order valence-electron chi connectivity index (χ2n) is 6.18. The fourth-order valence-corrected chi connectivity index (χ4v) is 3.35. The first-order valence-electron chi connectivity index (χ1n) is 8.52. The zero-order valence-electron chi connectivity index (χ0n) is 15.1. The van der Waals surface area contributed by atoms with Gasteiger partial charge in [0.1, 0.15) is 11.6 Å². The zero-order valence-corrected chi connectivity index (χ0v) is 15.9. The first-order valence-corrected chi connectivity index (χ1v) is 9.34. The van der Waals surface area contributed by atoms with Gasteiger partial charge in [0, 0.05) is 27.6 Å². The standard InChI is InChI=1S/C23H19F2NS/c1-16-3-8-19(9-4-16)26-14-13-23(21-12-7-18(24)15-22(21)25)27-20-10-5-17(2)6-11-20/h3-15H,1-2H3. The normalized spacial score (nSPS) is 11.9. The molecule has 4 heteroatoms. The van der Waals surface area contributed by atoms with Crippen LogP contribution >= 0.6 is 11.8 Å². The largest absolute Gasteiger partial charge is 0.257 e. The van der Waals surface area contributed by atoms with Crippen molar-refractivity contribution < 1.29 is 8.78 Å². The molecular weight excluding hydrogens is 360 g/mol. The third-order valence-electron chi connectivity index (χ3n) is 3.93. The Kier molecular flexibility index (Phi) is 6.20. The number of halogens is 2.